The van der Waals surface area contributed by atoms with E-state index in [0.717, 1.165) is 25.7 Å². The van der Waals surface area contributed by atoms with Crippen LogP contribution < -0.4 is 0 Å². The van der Waals surface area contributed by atoms with Crippen LogP contribution in [0.2, 0.25) is 0 Å². The molecule has 0 spiro atoms. The summed E-state index contributed by atoms with van der Waals surface area (Å²) >= 11 is 0. The Hall–Kier alpha value is -0.610. The fourth-order valence-electron chi connectivity index (χ4n) is 4.34. The average Bonchev–Trinajstić information content (AvgIpc) is 2.42. The molecule has 4 heteroatoms. The molecule has 3 nitrogen and oxygen atoms in total. The monoisotopic (exact) mass is 314 g/mol. The Morgan fingerprint density at radius 3 is 1.81 bits per heavy atom. The first-order valence-electron chi connectivity index (χ1n) is 8.13. The lowest BCUT2D eigenvalue weighted by Crippen LogP contribution is -2.41. The highest BCUT2D eigenvalue weighted by atomic mass is 32.2. The Morgan fingerprint density at radius 1 is 1.05 bits per heavy atom. The molecule has 0 aromatic carbocycles. The van der Waals surface area contributed by atoms with Gasteiger partial charge in [0.25, 0.3) is 10.1 Å². The van der Waals surface area contributed by atoms with Gasteiger partial charge >= 0.3 is 0 Å². The molecule has 21 heavy (non-hydrogen) atoms. The first-order valence-corrected chi connectivity index (χ1v) is 9.57. The number of rotatable bonds is 7. The van der Waals surface area contributed by atoms with Crippen LogP contribution >= 0.6 is 0 Å². The van der Waals surface area contributed by atoms with E-state index in [2.05, 4.69) is 34.6 Å². The lowest BCUT2D eigenvalue weighted by molar-refractivity contribution is 0.0967. The molecule has 1 aliphatic carbocycles. The Morgan fingerprint density at radius 2 is 1.48 bits per heavy atom. The van der Waals surface area contributed by atoms with E-state index >= 15 is 0 Å². The molecule has 0 atom stereocenters. The molecule has 0 fully saturated rings. The van der Waals surface area contributed by atoms with E-state index in [1.54, 1.807) is 6.08 Å². The molecule has 0 saturated heterocycles. The molecule has 122 valence electrons. The molecule has 1 N–H and O–H groups in total. The van der Waals surface area contributed by atoms with Gasteiger partial charge in [0.2, 0.25) is 0 Å². The molecule has 0 bridgehead atoms. The van der Waals surface area contributed by atoms with E-state index in [0.29, 0.717) is 18.3 Å². The van der Waals surface area contributed by atoms with Gasteiger partial charge in [-0.3, -0.25) is 4.55 Å². The predicted molar refractivity (Wildman–Crippen MR) is 88.6 cm³/mol. The second-order valence-corrected chi connectivity index (χ2v) is 7.68. The molecular formula is C17H30O3S. The molecule has 0 unspecified atom stereocenters. The van der Waals surface area contributed by atoms with Crippen molar-refractivity contribution in [3.63, 3.8) is 0 Å². The zero-order valence-electron chi connectivity index (χ0n) is 14.0. The molecule has 0 radical (unpaired) electrons. The molecule has 0 amide bonds. The predicted octanol–water partition coefficient (Wildman–Crippen LogP) is 4.97. The molecule has 0 saturated carbocycles. The summed E-state index contributed by atoms with van der Waals surface area (Å²) in [5.74, 6) is 0.869. The Labute approximate surface area is 130 Å². The average molecular weight is 314 g/mol. The second-order valence-electron chi connectivity index (χ2n) is 6.20. The largest absolute Gasteiger partial charge is 0.290 e. The maximum absolute atomic E-state index is 11.6. The summed E-state index contributed by atoms with van der Waals surface area (Å²) in [5, 5.41) is 0. The highest BCUT2D eigenvalue weighted by molar-refractivity contribution is 7.89. The molecule has 0 aromatic rings. The summed E-state index contributed by atoms with van der Waals surface area (Å²) in [6.07, 6.45) is 8.02. The van der Waals surface area contributed by atoms with Crippen LogP contribution in [0.1, 0.15) is 66.7 Å². The lowest BCUT2D eigenvalue weighted by Gasteiger charge is -2.49. The van der Waals surface area contributed by atoms with Crippen LogP contribution in [-0.2, 0) is 10.1 Å². The van der Waals surface area contributed by atoms with E-state index in [1.807, 2.05) is 6.08 Å². The SMILES string of the molecule is CCC(CC)C1(C(CC)CC)CC(S(=O)(=O)O)=CC=C1C. The Balaban J connectivity index is 3.45. The third-order valence-electron chi connectivity index (χ3n) is 5.48. The minimum atomic E-state index is -4.10. The summed E-state index contributed by atoms with van der Waals surface area (Å²) < 4.78 is 32.8. The van der Waals surface area contributed by atoms with Gasteiger partial charge in [-0.25, -0.2) is 0 Å². The molecule has 0 aliphatic heterocycles. The summed E-state index contributed by atoms with van der Waals surface area (Å²) in [6.45, 7) is 10.8. The summed E-state index contributed by atoms with van der Waals surface area (Å²) in [6, 6.07) is 0. The number of allylic oxidation sites excluding steroid dienone is 4. The summed E-state index contributed by atoms with van der Waals surface area (Å²) in [4.78, 5) is 0.173. The minimum absolute atomic E-state index is 0.146. The van der Waals surface area contributed by atoms with Crippen molar-refractivity contribution >= 4 is 10.1 Å². The Bertz CT molecular complexity index is 494. The van der Waals surface area contributed by atoms with Crippen LogP contribution in [0, 0.1) is 17.3 Å². The zero-order valence-corrected chi connectivity index (χ0v) is 14.8. The first kappa shape index (κ1) is 18.4. The van der Waals surface area contributed by atoms with Gasteiger partial charge in [0, 0.05) is 5.41 Å². The fraction of sp³-hybridized carbons (Fsp3) is 0.765. The molecule has 1 aliphatic rings. The molecule has 0 heterocycles. The summed E-state index contributed by atoms with van der Waals surface area (Å²) in [7, 11) is -4.10. The van der Waals surface area contributed by atoms with Crippen molar-refractivity contribution < 1.29 is 13.0 Å². The van der Waals surface area contributed by atoms with Gasteiger partial charge < -0.3 is 0 Å². The first-order chi connectivity index (χ1) is 9.77. The summed E-state index contributed by atoms with van der Waals surface area (Å²) in [5.41, 5.74) is 1.12. The van der Waals surface area contributed by atoms with Crippen molar-refractivity contribution in [3.8, 4) is 0 Å². The van der Waals surface area contributed by atoms with E-state index in [4.69, 9.17) is 0 Å². The topological polar surface area (TPSA) is 54.4 Å². The van der Waals surface area contributed by atoms with Crippen LogP contribution in [0.3, 0.4) is 0 Å². The molecular weight excluding hydrogens is 284 g/mol. The van der Waals surface area contributed by atoms with Gasteiger partial charge in [-0.1, -0.05) is 65.0 Å². The smallest absolute Gasteiger partial charge is 0.282 e. The van der Waals surface area contributed by atoms with Crippen molar-refractivity contribution in [2.24, 2.45) is 17.3 Å². The van der Waals surface area contributed by atoms with Crippen molar-refractivity contribution in [2.45, 2.75) is 66.7 Å². The maximum atomic E-state index is 11.6. The minimum Gasteiger partial charge on any atom is -0.282 e. The van der Waals surface area contributed by atoms with Crippen molar-refractivity contribution in [1.82, 2.24) is 0 Å². The van der Waals surface area contributed by atoms with Crippen LogP contribution in [0.25, 0.3) is 0 Å². The lowest BCUT2D eigenvalue weighted by atomic mass is 9.56. The van der Waals surface area contributed by atoms with Gasteiger partial charge in [-0.05, 0) is 31.3 Å². The van der Waals surface area contributed by atoms with Gasteiger partial charge in [0.05, 0.1) is 4.91 Å². The van der Waals surface area contributed by atoms with Crippen molar-refractivity contribution in [1.29, 1.82) is 0 Å². The van der Waals surface area contributed by atoms with Crippen LogP contribution in [0.5, 0.6) is 0 Å². The molecule has 1 rings (SSSR count). The number of hydrogen-bond acceptors (Lipinski definition) is 2. The molecule has 0 aromatic heterocycles. The van der Waals surface area contributed by atoms with E-state index in [1.165, 1.54) is 5.57 Å². The maximum Gasteiger partial charge on any atom is 0.290 e. The third kappa shape index (κ3) is 3.42. The highest BCUT2D eigenvalue weighted by Crippen LogP contribution is 2.54. The third-order valence-corrected chi connectivity index (χ3v) is 6.42. The number of hydrogen-bond donors (Lipinski definition) is 1. The van der Waals surface area contributed by atoms with E-state index < -0.39 is 10.1 Å². The van der Waals surface area contributed by atoms with E-state index in [-0.39, 0.29) is 10.3 Å². The fourth-order valence-corrected chi connectivity index (χ4v) is 5.00. The van der Waals surface area contributed by atoms with Crippen molar-refractivity contribution in [3.05, 3.63) is 22.6 Å². The quantitative estimate of drug-likeness (QED) is 0.675. The standard InChI is InChI=1S/C17H30O3S/c1-6-14(7-2)17(15(8-3)9-4)12-16(21(18,19)20)11-10-13(17)5/h10-11,14-15H,6-9,12H2,1-5H3,(H,18,19,20). The van der Waals surface area contributed by atoms with Gasteiger partial charge in [0.1, 0.15) is 0 Å². The van der Waals surface area contributed by atoms with Gasteiger partial charge in [0.15, 0.2) is 0 Å². The van der Waals surface area contributed by atoms with Crippen LogP contribution in [0.15, 0.2) is 22.6 Å². The van der Waals surface area contributed by atoms with Crippen LogP contribution in [0.4, 0.5) is 0 Å². The van der Waals surface area contributed by atoms with Gasteiger partial charge in [-0.15, -0.1) is 0 Å². The van der Waals surface area contributed by atoms with E-state index in [9.17, 15) is 13.0 Å². The Kier molecular flexibility index (Phi) is 6.23. The second kappa shape index (κ2) is 7.10. The van der Waals surface area contributed by atoms with Gasteiger partial charge in [-0.2, -0.15) is 8.42 Å². The zero-order chi connectivity index (χ0) is 16.3. The normalized spacial score (nSPS) is 18.9. The van der Waals surface area contributed by atoms with Crippen molar-refractivity contribution in [2.75, 3.05) is 0 Å². The highest BCUT2D eigenvalue weighted by Gasteiger charge is 2.46. The van der Waals surface area contributed by atoms with Crippen LogP contribution in [-0.4, -0.2) is 13.0 Å².